The zero-order chi connectivity index (χ0) is 19.1. The van der Waals surface area contributed by atoms with Gasteiger partial charge in [-0.3, -0.25) is 4.99 Å². The van der Waals surface area contributed by atoms with E-state index >= 15 is 0 Å². The van der Waals surface area contributed by atoms with Gasteiger partial charge in [0.2, 0.25) is 0 Å². The summed E-state index contributed by atoms with van der Waals surface area (Å²) >= 11 is 0. The summed E-state index contributed by atoms with van der Waals surface area (Å²) < 4.78 is 13.0. The first kappa shape index (κ1) is 20.0. The Kier molecular flexibility index (Phi) is 7.19. The van der Waals surface area contributed by atoms with Crippen LogP contribution in [-0.2, 0) is 6.54 Å². The van der Waals surface area contributed by atoms with Gasteiger partial charge in [0.1, 0.15) is 5.82 Å². The lowest BCUT2D eigenvalue weighted by atomic mass is 9.97. The number of halogens is 1. The molecule has 26 heavy (non-hydrogen) atoms. The number of benzene rings is 2. The predicted octanol–water partition coefficient (Wildman–Crippen LogP) is 4.99. The van der Waals surface area contributed by atoms with Crippen LogP contribution in [0.1, 0.15) is 48.6 Å². The maximum absolute atomic E-state index is 13.0. The Balaban J connectivity index is 0.00000117. The molecule has 1 heterocycles. The number of guanidine groups is 1. The summed E-state index contributed by atoms with van der Waals surface area (Å²) in [5.74, 6) is 0.689. The van der Waals surface area contributed by atoms with Gasteiger partial charge < -0.3 is 10.2 Å². The molecule has 1 aliphatic rings. The van der Waals surface area contributed by atoms with E-state index in [9.17, 15) is 4.39 Å². The molecular formula is C22H30FN3. The summed E-state index contributed by atoms with van der Waals surface area (Å²) in [7, 11) is 2.08. The molecular weight excluding hydrogens is 325 g/mol. The van der Waals surface area contributed by atoms with Crippen molar-refractivity contribution >= 4 is 5.96 Å². The van der Waals surface area contributed by atoms with Gasteiger partial charge in [-0.05, 0) is 54.7 Å². The second-order valence-corrected chi connectivity index (χ2v) is 6.44. The second kappa shape index (κ2) is 9.37. The van der Waals surface area contributed by atoms with Crippen LogP contribution in [0.3, 0.4) is 0 Å². The van der Waals surface area contributed by atoms with Crippen molar-refractivity contribution in [1.82, 2.24) is 10.2 Å². The lowest BCUT2D eigenvalue weighted by Gasteiger charge is -2.35. The molecule has 3 nitrogen and oxygen atoms in total. The molecule has 0 amide bonds. The van der Waals surface area contributed by atoms with Gasteiger partial charge in [-0.2, -0.15) is 0 Å². The van der Waals surface area contributed by atoms with E-state index in [1.807, 2.05) is 13.8 Å². The third-order valence-corrected chi connectivity index (χ3v) is 4.75. The third-order valence-electron chi connectivity index (χ3n) is 4.75. The molecule has 4 heteroatoms. The van der Waals surface area contributed by atoms with Gasteiger partial charge in [0.15, 0.2) is 5.96 Å². The first-order valence-corrected chi connectivity index (χ1v) is 9.37. The monoisotopic (exact) mass is 355 g/mol. The molecule has 2 aromatic rings. The highest BCUT2D eigenvalue weighted by Crippen LogP contribution is 2.27. The first-order chi connectivity index (χ1) is 12.5. The van der Waals surface area contributed by atoms with Crippen molar-refractivity contribution in [3.63, 3.8) is 0 Å². The minimum Gasteiger partial charge on any atom is -0.352 e. The highest BCUT2D eigenvalue weighted by atomic mass is 19.1. The Morgan fingerprint density at radius 2 is 1.77 bits per heavy atom. The van der Waals surface area contributed by atoms with Crippen molar-refractivity contribution in [2.75, 3.05) is 13.6 Å². The van der Waals surface area contributed by atoms with Crippen LogP contribution in [0, 0.1) is 19.7 Å². The molecule has 0 aromatic heterocycles. The number of hydrogen-bond acceptors (Lipinski definition) is 3. The van der Waals surface area contributed by atoms with Gasteiger partial charge in [0.25, 0.3) is 0 Å². The number of nitrogens with zero attached hydrogens (tertiary/aromatic N) is 2. The van der Waals surface area contributed by atoms with Crippen LogP contribution >= 0.6 is 0 Å². The summed E-state index contributed by atoms with van der Waals surface area (Å²) in [6.07, 6.45) is 1.01. The fourth-order valence-electron chi connectivity index (χ4n) is 3.07. The molecule has 0 saturated heterocycles. The van der Waals surface area contributed by atoms with E-state index in [1.54, 1.807) is 12.1 Å². The van der Waals surface area contributed by atoms with E-state index in [1.165, 1.54) is 28.8 Å². The van der Waals surface area contributed by atoms with Crippen molar-refractivity contribution in [2.24, 2.45) is 4.99 Å². The quantitative estimate of drug-likeness (QED) is 0.840. The van der Waals surface area contributed by atoms with Crippen molar-refractivity contribution in [3.05, 3.63) is 70.5 Å². The molecule has 0 saturated carbocycles. The third kappa shape index (κ3) is 4.84. The van der Waals surface area contributed by atoms with Gasteiger partial charge in [-0.15, -0.1) is 0 Å². The van der Waals surface area contributed by atoms with Gasteiger partial charge in [-0.25, -0.2) is 4.39 Å². The zero-order valence-electron chi connectivity index (χ0n) is 16.5. The maximum atomic E-state index is 13.0. The van der Waals surface area contributed by atoms with Gasteiger partial charge in [0, 0.05) is 20.1 Å². The van der Waals surface area contributed by atoms with E-state index < -0.39 is 0 Å². The predicted molar refractivity (Wildman–Crippen MR) is 108 cm³/mol. The average molecular weight is 356 g/mol. The van der Waals surface area contributed by atoms with Crippen LogP contribution < -0.4 is 5.32 Å². The summed E-state index contributed by atoms with van der Waals surface area (Å²) in [5, 5.41) is 3.39. The fraction of sp³-hybridized carbons (Fsp3) is 0.409. The molecule has 3 rings (SSSR count). The minimum absolute atomic E-state index is 0.208. The normalized spacial score (nSPS) is 16.5. The van der Waals surface area contributed by atoms with Crippen LogP contribution in [0.2, 0.25) is 0 Å². The smallest absolute Gasteiger partial charge is 0.194 e. The number of hydrogen-bond donors (Lipinski definition) is 1. The molecule has 1 atom stereocenters. The summed E-state index contributed by atoms with van der Waals surface area (Å²) in [6, 6.07) is 13.6. The lowest BCUT2D eigenvalue weighted by Crippen LogP contribution is -2.43. The summed E-state index contributed by atoms with van der Waals surface area (Å²) in [5.41, 5.74) is 5.02. The Labute approximate surface area is 157 Å². The number of nitrogens with one attached hydrogen (secondary N) is 1. The Morgan fingerprint density at radius 3 is 2.42 bits per heavy atom. The molecule has 0 aliphatic carbocycles. The van der Waals surface area contributed by atoms with E-state index in [2.05, 4.69) is 54.3 Å². The average Bonchev–Trinajstić information content (AvgIpc) is 2.66. The van der Waals surface area contributed by atoms with E-state index in [4.69, 9.17) is 0 Å². The highest BCUT2D eigenvalue weighted by molar-refractivity contribution is 5.80. The molecule has 2 aromatic carbocycles. The van der Waals surface area contributed by atoms with Crippen molar-refractivity contribution in [1.29, 1.82) is 0 Å². The summed E-state index contributed by atoms with van der Waals surface area (Å²) in [4.78, 5) is 6.82. The van der Waals surface area contributed by atoms with E-state index in [-0.39, 0.29) is 5.82 Å². The van der Waals surface area contributed by atoms with Gasteiger partial charge in [-0.1, -0.05) is 44.2 Å². The van der Waals surface area contributed by atoms with Crippen molar-refractivity contribution in [3.8, 4) is 0 Å². The Morgan fingerprint density at radius 1 is 1.08 bits per heavy atom. The molecule has 1 aliphatic heterocycles. The fourth-order valence-corrected chi connectivity index (χ4v) is 3.07. The van der Waals surface area contributed by atoms with Gasteiger partial charge in [0.05, 0.1) is 6.04 Å². The standard InChI is InChI=1S/C20H24FN3.C2H6/c1-14-4-7-17(12-15(14)2)19-10-11-22-20(24(19)3)23-13-16-5-8-18(21)9-6-16;1-2/h4-9,12,19H,10-11,13H2,1-3H3,(H,22,23);1-2H3. The second-order valence-electron chi connectivity index (χ2n) is 6.44. The Hall–Kier alpha value is -2.36. The molecule has 140 valence electrons. The SMILES string of the molecule is CC.Cc1ccc(C2CCN=C(NCc3ccc(F)cc3)N2C)cc1C. The Bertz CT molecular complexity index is 738. The summed E-state index contributed by atoms with van der Waals surface area (Å²) in [6.45, 7) is 9.75. The first-order valence-electron chi connectivity index (χ1n) is 9.37. The van der Waals surface area contributed by atoms with E-state index in [0.717, 1.165) is 24.5 Å². The number of rotatable bonds is 3. The van der Waals surface area contributed by atoms with Gasteiger partial charge >= 0.3 is 0 Å². The highest BCUT2D eigenvalue weighted by Gasteiger charge is 2.23. The van der Waals surface area contributed by atoms with Crippen LogP contribution in [0.5, 0.6) is 0 Å². The van der Waals surface area contributed by atoms with Crippen LogP contribution in [0.25, 0.3) is 0 Å². The number of aliphatic imine (C=N–C) groups is 1. The number of aryl methyl sites for hydroxylation is 2. The molecule has 0 fully saturated rings. The lowest BCUT2D eigenvalue weighted by molar-refractivity contribution is 0.326. The molecule has 1 unspecified atom stereocenters. The van der Waals surface area contributed by atoms with Crippen molar-refractivity contribution in [2.45, 2.75) is 46.7 Å². The molecule has 0 spiro atoms. The van der Waals surface area contributed by atoms with Crippen LogP contribution in [0.4, 0.5) is 4.39 Å². The molecule has 0 bridgehead atoms. The molecule has 0 radical (unpaired) electrons. The topological polar surface area (TPSA) is 27.6 Å². The molecule has 1 N–H and O–H groups in total. The zero-order valence-corrected chi connectivity index (χ0v) is 16.5. The van der Waals surface area contributed by atoms with Crippen LogP contribution in [0.15, 0.2) is 47.5 Å². The van der Waals surface area contributed by atoms with Crippen LogP contribution in [-0.4, -0.2) is 24.5 Å². The van der Waals surface area contributed by atoms with E-state index in [0.29, 0.717) is 12.6 Å². The maximum Gasteiger partial charge on any atom is 0.194 e. The largest absolute Gasteiger partial charge is 0.352 e. The minimum atomic E-state index is -0.208. The van der Waals surface area contributed by atoms with Crippen molar-refractivity contribution < 1.29 is 4.39 Å².